The molecule has 16 heavy (non-hydrogen) atoms. The summed E-state index contributed by atoms with van der Waals surface area (Å²) in [5, 5.41) is 8.87. The van der Waals surface area contributed by atoms with Crippen LogP contribution in [0, 0.1) is 11.3 Å². The van der Waals surface area contributed by atoms with E-state index in [1.165, 1.54) is 0 Å². The van der Waals surface area contributed by atoms with Crippen molar-refractivity contribution in [3.05, 3.63) is 28.2 Å². The summed E-state index contributed by atoms with van der Waals surface area (Å²) in [6.07, 6.45) is 0. The van der Waals surface area contributed by atoms with Gasteiger partial charge in [0.15, 0.2) is 5.96 Å². The number of benzene rings is 1. The number of guanidine groups is 2. The third kappa shape index (κ3) is 3.25. The number of halogens is 1. The topological polar surface area (TPSA) is 127 Å². The molecule has 0 amide bonds. The Morgan fingerprint density at radius 1 is 1.31 bits per heavy atom. The highest BCUT2D eigenvalue weighted by Gasteiger charge is 2.02. The van der Waals surface area contributed by atoms with Gasteiger partial charge in [-0.15, -0.1) is 0 Å². The third-order valence-electron chi connectivity index (χ3n) is 1.56. The average Bonchev–Trinajstić information content (AvgIpc) is 2.19. The van der Waals surface area contributed by atoms with Crippen LogP contribution in [0.15, 0.2) is 32.7 Å². The van der Waals surface area contributed by atoms with Gasteiger partial charge in [0.25, 0.3) is 0 Å². The second kappa shape index (κ2) is 5.14. The maximum absolute atomic E-state index is 8.87. The minimum atomic E-state index is -0.183. The second-order valence-electron chi connectivity index (χ2n) is 2.78. The fourth-order valence-electron chi connectivity index (χ4n) is 0.976. The van der Waals surface area contributed by atoms with Crippen LogP contribution in [-0.4, -0.2) is 11.9 Å². The van der Waals surface area contributed by atoms with E-state index in [0.29, 0.717) is 11.3 Å². The Morgan fingerprint density at radius 3 is 2.56 bits per heavy atom. The smallest absolute Gasteiger partial charge is 0.223 e. The lowest BCUT2D eigenvalue weighted by Crippen LogP contribution is -2.26. The molecule has 0 aliphatic heterocycles. The molecule has 6 N–H and O–H groups in total. The largest absolute Gasteiger partial charge is 0.370 e. The number of hydrogen-bond donors (Lipinski definition) is 3. The molecule has 0 bridgehead atoms. The van der Waals surface area contributed by atoms with Crippen LogP contribution in [-0.2, 0) is 0 Å². The molecule has 82 valence electrons. The molecule has 0 heterocycles. The second-order valence-corrected chi connectivity index (χ2v) is 3.70. The van der Waals surface area contributed by atoms with Crippen LogP contribution < -0.4 is 17.2 Å². The summed E-state index contributed by atoms with van der Waals surface area (Å²) < 4.78 is 0.781. The fourth-order valence-corrected chi connectivity index (χ4v) is 1.34. The average molecular weight is 281 g/mol. The molecule has 0 saturated carbocycles. The predicted molar refractivity (Wildman–Crippen MR) is 65.9 cm³/mol. The molecule has 1 rings (SSSR count). The summed E-state index contributed by atoms with van der Waals surface area (Å²) in [4.78, 5) is 7.46. The zero-order valence-corrected chi connectivity index (χ0v) is 9.77. The molecular formula is C9H9BrN6. The van der Waals surface area contributed by atoms with Gasteiger partial charge >= 0.3 is 0 Å². The van der Waals surface area contributed by atoms with E-state index in [4.69, 9.17) is 22.5 Å². The van der Waals surface area contributed by atoms with E-state index in [-0.39, 0.29) is 11.9 Å². The van der Waals surface area contributed by atoms with Crippen molar-refractivity contribution in [3.63, 3.8) is 0 Å². The molecule has 1 aromatic carbocycles. The van der Waals surface area contributed by atoms with Crippen LogP contribution >= 0.6 is 15.9 Å². The van der Waals surface area contributed by atoms with Gasteiger partial charge in [-0.25, -0.2) is 4.99 Å². The number of nitriles is 1. The molecule has 7 heteroatoms. The fraction of sp³-hybridized carbons (Fsp3) is 0. The number of aliphatic imine (C=N–C) groups is 2. The SMILES string of the molecule is N#Cc1cc(Br)ccc1N=C(N)N=C(N)N. The Morgan fingerprint density at radius 2 is 2.00 bits per heavy atom. The lowest BCUT2D eigenvalue weighted by atomic mass is 10.2. The summed E-state index contributed by atoms with van der Waals surface area (Å²) in [5.41, 5.74) is 16.5. The molecule has 0 unspecified atom stereocenters. The summed E-state index contributed by atoms with van der Waals surface area (Å²) >= 11 is 3.25. The Labute approximate surface area is 101 Å². The van der Waals surface area contributed by atoms with Gasteiger partial charge in [0.2, 0.25) is 5.96 Å². The van der Waals surface area contributed by atoms with Gasteiger partial charge < -0.3 is 17.2 Å². The molecule has 0 aliphatic carbocycles. The van der Waals surface area contributed by atoms with E-state index >= 15 is 0 Å². The summed E-state index contributed by atoms with van der Waals surface area (Å²) in [6.45, 7) is 0. The van der Waals surface area contributed by atoms with Crippen molar-refractivity contribution in [2.45, 2.75) is 0 Å². The number of rotatable bonds is 1. The van der Waals surface area contributed by atoms with E-state index < -0.39 is 0 Å². The summed E-state index contributed by atoms with van der Waals surface area (Å²) in [6, 6.07) is 6.99. The van der Waals surface area contributed by atoms with Crippen LogP contribution in [0.3, 0.4) is 0 Å². The highest BCUT2D eigenvalue weighted by Crippen LogP contribution is 2.22. The highest BCUT2D eigenvalue weighted by atomic mass is 79.9. The van der Waals surface area contributed by atoms with Gasteiger partial charge in [0.05, 0.1) is 11.3 Å². The van der Waals surface area contributed by atoms with Crippen molar-refractivity contribution >= 4 is 33.5 Å². The van der Waals surface area contributed by atoms with Crippen LogP contribution in [0.2, 0.25) is 0 Å². The van der Waals surface area contributed by atoms with Crippen molar-refractivity contribution in [2.24, 2.45) is 27.2 Å². The van der Waals surface area contributed by atoms with Crippen LogP contribution in [0.5, 0.6) is 0 Å². The number of nitrogens with two attached hydrogens (primary N) is 3. The lowest BCUT2D eigenvalue weighted by Gasteiger charge is -1.99. The van der Waals surface area contributed by atoms with E-state index in [1.807, 2.05) is 6.07 Å². The van der Waals surface area contributed by atoms with Crippen molar-refractivity contribution in [1.82, 2.24) is 0 Å². The van der Waals surface area contributed by atoms with E-state index in [1.54, 1.807) is 18.2 Å². The molecule has 0 aromatic heterocycles. The van der Waals surface area contributed by atoms with E-state index in [9.17, 15) is 0 Å². The van der Waals surface area contributed by atoms with Gasteiger partial charge in [-0.1, -0.05) is 15.9 Å². The molecule has 0 spiro atoms. The first-order valence-corrected chi connectivity index (χ1v) is 4.95. The predicted octanol–water partition coefficient (Wildman–Crippen LogP) is 0.540. The molecule has 0 aliphatic rings. The molecule has 0 radical (unpaired) electrons. The first-order valence-electron chi connectivity index (χ1n) is 4.16. The highest BCUT2D eigenvalue weighted by molar-refractivity contribution is 9.10. The lowest BCUT2D eigenvalue weighted by molar-refractivity contribution is 1.36. The molecule has 0 atom stereocenters. The van der Waals surface area contributed by atoms with Gasteiger partial charge in [0.1, 0.15) is 6.07 Å². The standard InChI is InChI=1S/C9H9BrN6/c10-6-1-2-7(5(3-6)4-11)15-9(14)16-8(12)13/h1-3H,(H6,12,13,14,15,16). The number of hydrogen-bond acceptors (Lipinski definition) is 2. The molecule has 1 aromatic rings. The maximum atomic E-state index is 8.87. The molecule has 0 saturated heterocycles. The minimum Gasteiger partial charge on any atom is -0.370 e. The van der Waals surface area contributed by atoms with Crippen molar-refractivity contribution in [3.8, 4) is 6.07 Å². The quantitative estimate of drug-likeness (QED) is 0.512. The number of nitrogens with zero attached hydrogens (tertiary/aromatic N) is 3. The van der Waals surface area contributed by atoms with Crippen molar-refractivity contribution in [2.75, 3.05) is 0 Å². The summed E-state index contributed by atoms with van der Waals surface area (Å²) in [5.74, 6) is -0.282. The first kappa shape index (κ1) is 12.0. The maximum Gasteiger partial charge on any atom is 0.223 e. The molecular weight excluding hydrogens is 272 g/mol. The first-order chi connectivity index (χ1) is 7.52. The van der Waals surface area contributed by atoms with Crippen LogP contribution in [0.25, 0.3) is 0 Å². The Balaban J connectivity index is 3.16. The molecule has 0 fully saturated rings. The van der Waals surface area contributed by atoms with Crippen LogP contribution in [0.1, 0.15) is 5.56 Å². The Hall–Kier alpha value is -2.07. The van der Waals surface area contributed by atoms with Gasteiger partial charge in [0, 0.05) is 4.47 Å². The van der Waals surface area contributed by atoms with Crippen molar-refractivity contribution < 1.29 is 0 Å². The Kier molecular flexibility index (Phi) is 3.85. The zero-order chi connectivity index (χ0) is 12.1. The van der Waals surface area contributed by atoms with Crippen LogP contribution in [0.4, 0.5) is 5.69 Å². The molecule has 6 nitrogen and oxygen atoms in total. The minimum absolute atomic E-state index is 0.0983. The van der Waals surface area contributed by atoms with E-state index in [2.05, 4.69) is 25.9 Å². The Bertz CT molecular complexity index is 495. The normalized spacial score (nSPS) is 10.6. The van der Waals surface area contributed by atoms with E-state index in [0.717, 1.165) is 4.47 Å². The zero-order valence-electron chi connectivity index (χ0n) is 8.18. The van der Waals surface area contributed by atoms with Gasteiger partial charge in [-0.2, -0.15) is 10.3 Å². The monoisotopic (exact) mass is 280 g/mol. The van der Waals surface area contributed by atoms with Gasteiger partial charge in [-0.3, -0.25) is 0 Å². The summed E-state index contributed by atoms with van der Waals surface area (Å²) in [7, 11) is 0. The van der Waals surface area contributed by atoms with Crippen molar-refractivity contribution in [1.29, 1.82) is 5.26 Å². The third-order valence-corrected chi connectivity index (χ3v) is 2.05. The van der Waals surface area contributed by atoms with Gasteiger partial charge in [-0.05, 0) is 18.2 Å².